The van der Waals surface area contributed by atoms with E-state index >= 15 is 0 Å². The number of rotatable bonds is 6. The second-order valence-electron chi connectivity index (χ2n) is 4.47. The molecule has 0 amide bonds. The largest absolute Gasteiger partial charge is 0.508 e. The number of hydrogen-bond acceptors (Lipinski definition) is 4. The molecule has 0 saturated heterocycles. The minimum absolute atomic E-state index is 0.0495. The molecule has 0 aliphatic carbocycles. The van der Waals surface area contributed by atoms with Gasteiger partial charge in [0.15, 0.2) is 0 Å². The van der Waals surface area contributed by atoms with Gasteiger partial charge in [0.05, 0.1) is 4.90 Å². The lowest BCUT2D eigenvalue weighted by atomic mass is 10.3. The molecule has 1 rings (SSSR count). The number of aromatic hydroxyl groups is 1. The first-order valence-corrected chi connectivity index (χ1v) is 7.30. The van der Waals surface area contributed by atoms with Crippen LogP contribution in [0.3, 0.4) is 0 Å². The van der Waals surface area contributed by atoms with Crippen LogP contribution in [0.25, 0.3) is 0 Å². The summed E-state index contributed by atoms with van der Waals surface area (Å²) in [7, 11) is -1.54. The monoisotopic (exact) mass is 272 g/mol. The lowest BCUT2D eigenvalue weighted by Gasteiger charge is -2.20. The zero-order valence-corrected chi connectivity index (χ0v) is 11.7. The first-order valence-electron chi connectivity index (χ1n) is 5.82. The Hall–Kier alpha value is -1.11. The summed E-state index contributed by atoms with van der Waals surface area (Å²) in [6, 6.07) is 5.85. The number of nitrogens with zero attached hydrogens (tertiary/aromatic N) is 1. The maximum Gasteiger partial charge on any atom is 0.240 e. The van der Waals surface area contributed by atoms with E-state index in [2.05, 4.69) is 23.5 Å². The molecule has 18 heavy (non-hydrogen) atoms. The van der Waals surface area contributed by atoms with Gasteiger partial charge in [0, 0.05) is 19.1 Å². The van der Waals surface area contributed by atoms with Gasteiger partial charge < -0.3 is 10.0 Å². The molecular formula is C12H20N2O3S. The van der Waals surface area contributed by atoms with Crippen molar-refractivity contribution >= 4 is 10.0 Å². The molecule has 102 valence electrons. The fraction of sp³-hybridized carbons (Fsp3) is 0.500. The van der Waals surface area contributed by atoms with Crippen molar-refractivity contribution in [1.82, 2.24) is 9.62 Å². The molecule has 0 atom stereocenters. The number of phenols is 1. The van der Waals surface area contributed by atoms with Crippen molar-refractivity contribution in [2.75, 3.05) is 20.1 Å². The molecule has 0 fully saturated rings. The Balaban J connectivity index is 2.58. The first-order chi connectivity index (χ1) is 8.33. The number of sulfonamides is 1. The predicted octanol–water partition coefficient (Wildman–Crippen LogP) is 1.01. The maximum absolute atomic E-state index is 11.9. The summed E-state index contributed by atoms with van der Waals surface area (Å²) in [4.78, 5) is 2.21. The van der Waals surface area contributed by atoms with Gasteiger partial charge in [0.2, 0.25) is 10.0 Å². The van der Waals surface area contributed by atoms with E-state index in [1.807, 2.05) is 7.05 Å². The van der Waals surface area contributed by atoms with Crippen molar-refractivity contribution in [3.8, 4) is 5.75 Å². The molecule has 1 aromatic carbocycles. The van der Waals surface area contributed by atoms with E-state index in [4.69, 9.17) is 5.11 Å². The number of nitrogens with one attached hydrogen (secondary N) is 1. The molecule has 0 spiro atoms. The molecule has 6 heteroatoms. The van der Waals surface area contributed by atoms with Gasteiger partial charge in [-0.1, -0.05) is 0 Å². The minimum atomic E-state index is -3.49. The number of benzene rings is 1. The Morgan fingerprint density at radius 1 is 1.28 bits per heavy atom. The molecule has 0 aliphatic heterocycles. The van der Waals surface area contributed by atoms with Crippen LogP contribution in [0.5, 0.6) is 5.75 Å². The Labute approximate surface area is 108 Å². The van der Waals surface area contributed by atoms with Crippen LogP contribution in [0.15, 0.2) is 29.2 Å². The van der Waals surface area contributed by atoms with Crippen LogP contribution in [-0.2, 0) is 10.0 Å². The average Bonchev–Trinajstić information content (AvgIpc) is 2.29. The zero-order chi connectivity index (χ0) is 13.8. The third kappa shape index (κ3) is 4.29. The minimum Gasteiger partial charge on any atom is -0.508 e. The maximum atomic E-state index is 11.9. The molecule has 0 saturated carbocycles. The molecule has 0 radical (unpaired) electrons. The molecule has 0 bridgehead atoms. The van der Waals surface area contributed by atoms with Crippen LogP contribution in [0.1, 0.15) is 13.8 Å². The summed E-state index contributed by atoms with van der Waals surface area (Å²) in [5.74, 6) is 0.0495. The lowest BCUT2D eigenvalue weighted by molar-refractivity contribution is 0.278. The van der Waals surface area contributed by atoms with Gasteiger partial charge in [0.1, 0.15) is 5.75 Å². The van der Waals surface area contributed by atoms with Crippen LogP contribution in [0.4, 0.5) is 0 Å². The Morgan fingerprint density at radius 2 is 1.83 bits per heavy atom. The quantitative estimate of drug-likeness (QED) is 0.811. The Kier molecular flexibility index (Phi) is 5.13. The van der Waals surface area contributed by atoms with Crippen LogP contribution in [0.2, 0.25) is 0 Å². The second kappa shape index (κ2) is 6.17. The van der Waals surface area contributed by atoms with Crippen LogP contribution >= 0.6 is 0 Å². The molecule has 5 nitrogen and oxygen atoms in total. The second-order valence-corrected chi connectivity index (χ2v) is 6.23. The van der Waals surface area contributed by atoms with E-state index < -0.39 is 10.0 Å². The molecule has 0 unspecified atom stereocenters. The van der Waals surface area contributed by atoms with Gasteiger partial charge in [-0.2, -0.15) is 0 Å². The van der Waals surface area contributed by atoms with Gasteiger partial charge in [-0.05, 0) is 45.2 Å². The van der Waals surface area contributed by atoms with E-state index in [-0.39, 0.29) is 10.6 Å². The highest BCUT2D eigenvalue weighted by Gasteiger charge is 2.13. The Bertz CT molecular complexity index is 469. The van der Waals surface area contributed by atoms with Crippen LogP contribution in [0, 0.1) is 0 Å². The number of hydrogen-bond donors (Lipinski definition) is 2. The third-order valence-corrected chi connectivity index (χ3v) is 4.26. The SMILES string of the molecule is CC(C)N(C)CCNS(=O)(=O)c1ccc(O)cc1. The van der Waals surface area contributed by atoms with Crippen LogP contribution in [-0.4, -0.2) is 44.6 Å². The molecular weight excluding hydrogens is 252 g/mol. The third-order valence-electron chi connectivity index (χ3n) is 2.79. The van der Waals surface area contributed by atoms with E-state index in [9.17, 15) is 8.42 Å². The first kappa shape index (κ1) is 14.9. The van der Waals surface area contributed by atoms with Crippen LogP contribution < -0.4 is 4.72 Å². The van der Waals surface area contributed by atoms with Gasteiger partial charge in [-0.15, -0.1) is 0 Å². The van der Waals surface area contributed by atoms with E-state index in [1.54, 1.807) is 0 Å². The van der Waals surface area contributed by atoms with Gasteiger partial charge >= 0.3 is 0 Å². The van der Waals surface area contributed by atoms with Crippen molar-refractivity contribution in [1.29, 1.82) is 0 Å². The summed E-state index contributed by atoms with van der Waals surface area (Å²) < 4.78 is 26.3. The molecule has 1 aromatic rings. The molecule has 0 heterocycles. The normalized spacial score (nSPS) is 12.3. The fourth-order valence-corrected chi connectivity index (χ4v) is 2.34. The number of likely N-dealkylation sites (N-methyl/N-ethyl adjacent to an activating group) is 1. The highest BCUT2D eigenvalue weighted by atomic mass is 32.2. The Morgan fingerprint density at radius 3 is 2.33 bits per heavy atom. The van der Waals surface area contributed by atoms with Crippen molar-refractivity contribution in [3.63, 3.8) is 0 Å². The summed E-state index contributed by atoms with van der Waals surface area (Å²) in [5.41, 5.74) is 0. The van der Waals surface area contributed by atoms with Gasteiger partial charge in [0.25, 0.3) is 0 Å². The van der Waals surface area contributed by atoms with E-state index in [1.165, 1.54) is 24.3 Å². The summed E-state index contributed by atoms with van der Waals surface area (Å²) in [6.45, 7) is 5.11. The van der Waals surface area contributed by atoms with Crippen molar-refractivity contribution < 1.29 is 13.5 Å². The van der Waals surface area contributed by atoms with Crippen molar-refractivity contribution in [2.45, 2.75) is 24.8 Å². The topological polar surface area (TPSA) is 69.6 Å². The zero-order valence-electron chi connectivity index (χ0n) is 10.9. The molecule has 0 aliphatic rings. The van der Waals surface area contributed by atoms with E-state index in [0.29, 0.717) is 19.1 Å². The average molecular weight is 272 g/mol. The van der Waals surface area contributed by atoms with Crippen molar-refractivity contribution in [3.05, 3.63) is 24.3 Å². The highest BCUT2D eigenvalue weighted by Crippen LogP contribution is 2.13. The van der Waals surface area contributed by atoms with E-state index in [0.717, 1.165) is 0 Å². The summed E-state index contributed by atoms with van der Waals surface area (Å²) in [6.07, 6.45) is 0. The summed E-state index contributed by atoms with van der Waals surface area (Å²) in [5, 5.41) is 9.11. The highest BCUT2D eigenvalue weighted by molar-refractivity contribution is 7.89. The summed E-state index contributed by atoms with van der Waals surface area (Å²) >= 11 is 0. The fourth-order valence-electron chi connectivity index (χ4n) is 1.32. The molecule has 2 N–H and O–H groups in total. The van der Waals surface area contributed by atoms with Crippen molar-refractivity contribution in [2.24, 2.45) is 0 Å². The van der Waals surface area contributed by atoms with Gasteiger partial charge in [-0.3, -0.25) is 0 Å². The standard InChI is InChI=1S/C12H20N2O3S/c1-10(2)14(3)9-8-13-18(16,17)12-6-4-11(15)5-7-12/h4-7,10,13,15H,8-9H2,1-3H3. The smallest absolute Gasteiger partial charge is 0.240 e. The molecule has 0 aromatic heterocycles. The lowest BCUT2D eigenvalue weighted by Crippen LogP contribution is -2.36. The number of phenolic OH excluding ortho intramolecular Hbond substituents is 1. The predicted molar refractivity (Wildman–Crippen MR) is 71.1 cm³/mol. The van der Waals surface area contributed by atoms with Gasteiger partial charge in [-0.25, -0.2) is 13.1 Å².